The second-order valence-electron chi connectivity index (χ2n) is 6.17. The average molecular weight is 378 g/mol. The number of sulfonamides is 1. The predicted octanol–water partition coefficient (Wildman–Crippen LogP) is 0.926. The standard InChI is InChI=1S/C18H17F2N3O2S/c19-16-5-6-18(17(20)11-16)26(24,25)23-9-7-22(8-10-23)13-15-4-2-1-3-14(15)12-21/h1-6,11H,7-10,13H2/p+1. The van der Waals surface area contributed by atoms with Gasteiger partial charge in [0.25, 0.3) is 0 Å². The van der Waals surface area contributed by atoms with Gasteiger partial charge in [-0.1, -0.05) is 18.2 Å². The van der Waals surface area contributed by atoms with Gasteiger partial charge in [0.1, 0.15) is 23.1 Å². The monoisotopic (exact) mass is 378 g/mol. The maximum absolute atomic E-state index is 13.9. The SMILES string of the molecule is N#Cc1ccccc1C[NH+]1CCN(S(=O)(=O)c2ccc(F)cc2F)CC1. The van der Waals surface area contributed by atoms with Gasteiger partial charge in [0, 0.05) is 11.6 Å². The molecule has 1 aliphatic rings. The zero-order valence-corrected chi connectivity index (χ0v) is 14.8. The highest BCUT2D eigenvalue weighted by Crippen LogP contribution is 2.20. The summed E-state index contributed by atoms with van der Waals surface area (Å²) in [6, 6.07) is 12.0. The maximum atomic E-state index is 13.9. The smallest absolute Gasteiger partial charge is 0.246 e. The molecular formula is C18H18F2N3O2S+. The van der Waals surface area contributed by atoms with Crippen molar-refractivity contribution in [1.82, 2.24) is 4.31 Å². The number of nitrogens with one attached hydrogen (secondary N) is 1. The highest BCUT2D eigenvalue weighted by atomic mass is 32.2. The van der Waals surface area contributed by atoms with Crippen molar-refractivity contribution in [1.29, 1.82) is 5.26 Å². The number of quaternary nitrogens is 1. The largest absolute Gasteiger partial charge is 0.329 e. The summed E-state index contributed by atoms with van der Waals surface area (Å²) >= 11 is 0. The molecule has 8 heteroatoms. The van der Waals surface area contributed by atoms with Gasteiger partial charge in [0.2, 0.25) is 10.0 Å². The molecule has 0 bridgehead atoms. The first-order chi connectivity index (χ1) is 12.4. The van der Waals surface area contributed by atoms with Crippen LogP contribution in [0.3, 0.4) is 0 Å². The molecule has 136 valence electrons. The number of rotatable bonds is 4. The number of nitriles is 1. The van der Waals surface area contributed by atoms with E-state index in [4.69, 9.17) is 5.26 Å². The molecule has 1 aliphatic heterocycles. The summed E-state index contributed by atoms with van der Waals surface area (Å²) in [4.78, 5) is 0.649. The fourth-order valence-electron chi connectivity index (χ4n) is 3.10. The van der Waals surface area contributed by atoms with Crippen LogP contribution in [0.4, 0.5) is 8.78 Å². The molecule has 1 fully saturated rings. The van der Waals surface area contributed by atoms with E-state index in [1.807, 2.05) is 12.1 Å². The van der Waals surface area contributed by atoms with Crippen molar-refractivity contribution in [3.8, 4) is 6.07 Å². The molecule has 1 heterocycles. The number of benzene rings is 2. The zero-order chi connectivity index (χ0) is 18.7. The van der Waals surface area contributed by atoms with E-state index in [2.05, 4.69) is 6.07 Å². The predicted molar refractivity (Wildman–Crippen MR) is 90.7 cm³/mol. The molecule has 3 rings (SSSR count). The molecular weight excluding hydrogens is 360 g/mol. The summed E-state index contributed by atoms with van der Waals surface area (Å²) in [5.41, 5.74) is 1.54. The molecule has 1 N–H and O–H groups in total. The molecule has 0 amide bonds. The van der Waals surface area contributed by atoms with E-state index in [1.165, 1.54) is 4.31 Å². The summed E-state index contributed by atoms with van der Waals surface area (Å²) in [5.74, 6) is -1.89. The van der Waals surface area contributed by atoms with Crippen LogP contribution in [0.2, 0.25) is 0 Å². The Hall–Kier alpha value is -2.34. The molecule has 2 aromatic rings. The lowest BCUT2D eigenvalue weighted by molar-refractivity contribution is -0.917. The topological polar surface area (TPSA) is 65.6 Å². The highest BCUT2D eigenvalue weighted by molar-refractivity contribution is 7.89. The first kappa shape index (κ1) is 18.5. The van der Waals surface area contributed by atoms with Gasteiger partial charge < -0.3 is 4.90 Å². The van der Waals surface area contributed by atoms with Crippen molar-refractivity contribution in [2.24, 2.45) is 0 Å². The molecule has 0 saturated carbocycles. The van der Waals surface area contributed by atoms with Crippen molar-refractivity contribution in [3.63, 3.8) is 0 Å². The van der Waals surface area contributed by atoms with Gasteiger partial charge in [-0.3, -0.25) is 0 Å². The van der Waals surface area contributed by atoms with Gasteiger partial charge >= 0.3 is 0 Å². The van der Waals surface area contributed by atoms with Crippen LogP contribution in [0, 0.1) is 23.0 Å². The van der Waals surface area contributed by atoms with E-state index >= 15 is 0 Å². The van der Waals surface area contributed by atoms with E-state index in [9.17, 15) is 17.2 Å². The van der Waals surface area contributed by atoms with E-state index in [-0.39, 0.29) is 13.1 Å². The van der Waals surface area contributed by atoms with E-state index in [1.54, 1.807) is 12.1 Å². The molecule has 1 saturated heterocycles. The average Bonchev–Trinajstić information content (AvgIpc) is 2.62. The van der Waals surface area contributed by atoms with Crippen molar-refractivity contribution in [3.05, 3.63) is 65.2 Å². The minimum Gasteiger partial charge on any atom is -0.329 e. The Kier molecular flexibility index (Phi) is 5.32. The zero-order valence-electron chi connectivity index (χ0n) is 14.0. The second kappa shape index (κ2) is 7.50. The molecule has 0 aromatic heterocycles. The van der Waals surface area contributed by atoms with Crippen LogP contribution in [-0.2, 0) is 16.6 Å². The molecule has 0 atom stereocenters. The normalized spacial score (nSPS) is 16.3. The van der Waals surface area contributed by atoms with Crippen LogP contribution >= 0.6 is 0 Å². The minimum atomic E-state index is -3.99. The lowest BCUT2D eigenvalue weighted by Gasteiger charge is -2.31. The van der Waals surface area contributed by atoms with Crippen LogP contribution in [0.25, 0.3) is 0 Å². The van der Waals surface area contributed by atoms with Gasteiger partial charge in [-0.05, 0) is 18.2 Å². The molecule has 0 spiro atoms. The molecule has 0 aliphatic carbocycles. The fourth-order valence-corrected chi connectivity index (χ4v) is 4.58. The van der Waals surface area contributed by atoms with Gasteiger partial charge in [-0.25, -0.2) is 17.2 Å². The van der Waals surface area contributed by atoms with Gasteiger partial charge in [0.15, 0.2) is 0 Å². The number of piperazine rings is 1. The van der Waals surface area contributed by atoms with Crippen molar-refractivity contribution < 1.29 is 22.1 Å². The van der Waals surface area contributed by atoms with Crippen LogP contribution in [0.5, 0.6) is 0 Å². The lowest BCUT2D eigenvalue weighted by atomic mass is 10.1. The first-order valence-electron chi connectivity index (χ1n) is 8.18. The first-order valence-corrected chi connectivity index (χ1v) is 9.62. The van der Waals surface area contributed by atoms with Crippen LogP contribution in [-0.4, -0.2) is 38.9 Å². The second-order valence-corrected chi connectivity index (χ2v) is 8.08. The minimum absolute atomic E-state index is 0.239. The quantitative estimate of drug-likeness (QED) is 0.861. The molecule has 5 nitrogen and oxygen atoms in total. The Labute approximate surface area is 151 Å². The number of halogens is 2. The Morgan fingerprint density at radius 1 is 1.12 bits per heavy atom. The third-order valence-corrected chi connectivity index (χ3v) is 6.45. The summed E-state index contributed by atoms with van der Waals surface area (Å²) < 4.78 is 53.3. The van der Waals surface area contributed by atoms with Crippen molar-refractivity contribution in [2.45, 2.75) is 11.4 Å². The van der Waals surface area contributed by atoms with Gasteiger partial charge in [-0.2, -0.15) is 9.57 Å². The number of nitrogens with zero attached hydrogens (tertiary/aromatic N) is 2. The Bertz CT molecular complexity index is 949. The maximum Gasteiger partial charge on any atom is 0.246 e. The number of hydrogen-bond acceptors (Lipinski definition) is 3. The molecule has 0 unspecified atom stereocenters. The highest BCUT2D eigenvalue weighted by Gasteiger charge is 2.32. The summed E-state index contributed by atoms with van der Waals surface area (Å²) in [7, 11) is -3.99. The van der Waals surface area contributed by atoms with Crippen LogP contribution < -0.4 is 4.90 Å². The third kappa shape index (κ3) is 3.75. The fraction of sp³-hybridized carbons (Fsp3) is 0.278. The summed E-state index contributed by atoms with van der Waals surface area (Å²) in [6.07, 6.45) is 0. The molecule has 2 aromatic carbocycles. The molecule has 0 radical (unpaired) electrons. The van der Waals surface area contributed by atoms with E-state index in [0.717, 1.165) is 22.6 Å². The Balaban J connectivity index is 1.69. The van der Waals surface area contributed by atoms with Gasteiger partial charge in [0.05, 0.1) is 37.8 Å². The van der Waals surface area contributed by atoms with E-state index in [0.29, 0.717) is 31.3 Å². The molecule has 26 heavy (non-hydrogen) atoms. The van der Waals surface area contributed by atoms with Crippen LogP contribution in [0.1, 0.15) is 11.1 Å². The van der Waals surface area contributed by atoms with Gasteiger partial charge in [-0.15, -0.1) is 0 Å². The summed E-state index contributed by atoms with van der Waals surface area (Å²) in [6.45, 7) is 2.19. The van der Waals surface area contributed by atoms with Crippen LogP contribution in [0.15, 0.2) is 47.4 Å². The number of hydrogen-bond donors (Lipinski definition) is 1. The Morgan fingerprint density at radius 3 is 2.46 bits per heavy atom. The third-order valence-electron chi connectivity index (χ3n) is 4.52. The van der Waals surface area contributed by atoms with Crippen molar-refractivity contribution >= 4 is 10.0 Å². The van der Waals surface area contributed by atoms with Crippen molar-refractivity contribution in [2.75, 3.05) is 26.2 Å². The van der Waals surface area contributed by atoms with E-state index < -0.39 is 26.6 Å². The lowest BCUT2D eigenvalue weighted by Crippen LogP contribution is -3.13. The summed E-state index contributed by atoms with van der Waals surface area (Å²) in [5, 5.41) is 9.16. The Morgan fingerprint density at radius 2 is 1.81 bits per heavy atom.